The summed E-state index contributed by atoms with van der Waals surface area (Å²) in [5, 5.41) is 7.42. The second-order valence-corrected chi connectivity index (χ2v) is 4.19. The van der Waals surface area contributed by atoms with Gasteiger partial charge in [-0.3, -0.25) is 4.79 Å². The maximum atomic E-state index is 9.00. The summed E-state index contributed by atoms with van der Waals surface area (Å²) < 4.78 is 0. The van der Waals surface area contributed by atoms with Crippen molar-refractivity contribution in [1.29, 1.82) is 0 Å². The summed E-state index contributed by atoms with van der Waals surface area (Å²) in [7, 11) is 0. The van der Waals surface area contributed by atoms with Crippen molar-refractivity contribution in [3.05, 3.63) is 0 Å². The zero-order valence-corrected chi connectivity index (χ0v) is 7.63. The zero-order valence-electron chi connectivity index (χ0n) is 6.00. The van der Waals surface area contributed by atoms with Crippen LogP contribution in [0.25, 0.3) is 0 Å². The summed E-state index contributed by atoms with van der Waals surface area (Å²) in [6.45, 7) is 1.08. The third-order valence-electron chi connectivity index (χ3n) is 0.744. The average molecular weight is 180 g/mol. The van der Waals surface area contributed by atoms with E-state index in [0.29, 0.717) is 0 Å². The summed E-state index contributed by atoms with van der Waals surface area (Å²) in [5.74, 6) is 4.69. The minimum absolute atomic E-state index is 0.833. The van der Waals surface area contributed by atoms with Crippen LogP contribution < -0.4 is 0 Å². The van der Waals surface area contributed by atoms with Crippen molar-refractivity contribution in [3.63, 3.8) is 0 Å². The van der Waals surface area contributed by atoms with Crippen molar-refractivity contribution in [1.82, 2.24) is 0 Å². The lowest BCUT2D eigenvalue weighted by Gasteiger charge is -2.05. The highest BCUT2D eigenvalue weighted by Gasteiger charge is 1.95. The van der Waals surface area contributed by atoms with Crippen molar-refractivity contribution in [3.8, 4) is 0 Å². The molecule has 2 nitrogen and oxygen atoms in total. The minimum atomic E-state index is -0.833. The van der Waals surface area contributed by atoms with Crippen molar-refractivity contribution in [2.24, 2.45) is 0 Å². The maximum absolute atomic E-state index is 9.00. The van der Waals surface area contributed by atoms with E-state index in [2.05, 4.69) is 23.5 Å². The summed E-state index contributed by atoms with van der Waals surface area (Å²) in [6, 6.07) is 0. The Morgan fingerprint density at radius 2 is 1.40 bits per heavy atom. The van der Waals surface area contributed by atoms with Crippen LogP contribution in [0.3, 0.4) is 0 Å². The number of carboxylic acids is 1. The van der Waals surface area contributed by atoms with E-state index >= 15 is 0 Å². The van der Waals surface area contributed by atoms with Gasteiger partial charge in [0, 0.05) is 29.9 Å². The Hall–Kier alpha value is 0.170. The molecule has 0 atom stereocenters. The molecule has 0 amide bonds. The van der Waals surface area contributed by atoms with Crippen LogP contribution >= 0.6 is 23.5 Å². The molecule has 60 valence electrons. The molecule has 4 heteroatoms. The topological polar surface area (TPSA) is 37.3 Å². The molecule has 1 heterocycles. The van der Waals surface area contributed by atoms with Crippen LogP contribution in [0.15, 0.2) is 0 Å². The molecular weight excluding hydrogens is 168 g/mol. The average Bonchev–Trinajstić information content (AvgIpc) is 1.90. The molecule has 1 N–H and O–H groups in total. The molecule has 0 aromatic rings. The quantitative estimate of drug-likeness (QED) is 0.614. The van der Waals surface area contributed by atoms with E-state index in [4.69, 9.17) is 9.90 Å². The molecule has 0 spiro atoms. The second-order valence-electron chi connectivity index (χ2n) is 1.74. The fourth-order valence-corrected chi connectivity index (χ4v) is 2.73. The first-order valence-corrected chi connectivity index (χ1v) is 5.39. The van der Waals surface area contributed by atoms with E-state index in [1.807, 2.05) is 0 Å². The molecule has 1 rings (SSSR count). The van der Waals surface area contributed by atoms with Gasteiger partial charge < -0.3 is 5.11 Å². The lowest BCUT2D eigenvalue weighted by Crippen LogP contribution is -1.97. The molecule has 1 aliphatic rings. The lowest BCUT2D eigenvalue weighted by atomic mass is 10.9. The molecule has 1 saturated heterocycles. The van der Waals surface area contributed by atoms with Gasteiger partial charge in [-0.2, -0.15) is 23.5 Å². The smallest absolute Gasteiger partial charge is 0.300 e. The van der Waals surface area contributed by atoms with E-state index in [1.165, 1.54) is 23.0 Å². The predicted molar refractivity (Wildman–Crippen MR) is 48.0 cm³/mol. The van der Waals surface area contributed by atoms with Gasteiger partial charge in [-0.15, -0.1) is 0 Å². The number of aliphatic carboxylic acids is 1. The van der Waals surface area contributed by atoms with Gasteiger partial charge in [0.15, 0.2) is 0 Å². The van der Waals surface area contributed by atoms with Gasteiger partial charge in [-0.05, 0) is 0 Å². The Kier molecular flexibility index (Phi) is 7.40. The number of hydrogen-bond donors (Lipinski definition) is 1. The van der Waals surface area contributed by atoms with Crippen LogP contribution in [0.5, 0.6) is 0 Å². The van der Waals surface area contributed by atoms with Gasteiger partial charge in [-0.1, -0.05) is 0 Å². The van der Waals surface area contributed by atoms with Crippen LogP contribution in [0.1, 0.15) is 6.92 Å². The molecular formula is C6H12O2S2. The van der Waals surface area contributed by atoms with Crippen LogP contribution in [0, 0.1) is 0 Å². The summed E-state index contributed by atoms with van der Waals surface area (Å²) >= 11 is 4.15. The SMILES string of the molecule is C1CSCCS1.CC(=O)O. The molecule has 0 aliphatic carbocycles. The minimum Gasteiger partial charge on any atom is -0.481 e. The third kappa shape index (κ3) is 11.0. The zero-order chi connectivity index (χ0) is 7.82. The van der Waals surface area contributed by atoms with E-state index in [-0.39, 0.29) is 0 Å². The van der Waals surface area contributed by atoms with Crippen molar-refractivity contribution in [2.45, 2.75) is 6.92 Å². The van der Waals surface area contributed by atoms with Gasteiger partial charge in [0.2, 0.25) is 0 Å². The summed E-state index contributed by atoms with van der Waals surface area (Å²) in [4.78, 5) is 9.00. The number of thioether (sulfide) groups is 2. The fourth-order valence-electron chi connectivity index (χ4n) is 0.440. The Labute approximate surface area is 69.8 Å². The van der Waals surface area contributed by atoms with Gasteiger partial charge in [0.05, 0.1) is 0 Å². The maximum Gasteiger partial charge on any atom is 0.300 e. The van der Waals surface area contributed by atoms with E-state index < -0.39 is 5.97 Å². The lowest BCUT2D eigenvalue weighted by molar-refractivity contribution is -0.134. The molecule has 0 unspecified atom stereocenters. The van der Waals surface area contributed by atoms with Gasteiger partial charge >= 0.3 is 0 Å². The van der Waals surface area contributed by atoms with E-state index in [0.717, 1.165) is 6.92 Å². The highest BCUT2D eigenvalue weighted by Crippen LogP contribution is 2.14. The number of hydrogen-bond acceptors (Lipinski definition) is 3. The largest absolute Gasteiger partial charge is 0.481 e. The molecule has 0 bridgehead atoms. The van der Waals surface area contributed by atoms with Gasteiger partial charge in [0.25, 0.3) is 5.97 Å². The fraction of sp³-hybridized carbons (Fsp3) is 0.833. The summed E-state index contributed by atoms with van der Waals surface area (Å²) in [5.41, 5.74) is 0. The number of carbonyl (C=O) groups is 1. The van der Waals surface area contributed by atoms with Crippen LogP contribution in [-0.2, 0) is 4.79 Å². The second kappa shape index (κ2) is 7.28. The Morgan fingerprint density at radius 1 is 1.20 bits per heavy atom. The first kappa shape index (κ1) is 10.2. The molecule has 0 aromatic carbocycles. The predicted octanol–water partition coefficient (Wildman–Crippen LogP) is 1.56. The molecule has 0 radical (unpaired) electrons. The van der Waals surface area contributed by atoms with Crippen LogP contribution in [0.2, 0.25) is 0 Å². The van der Waals surface area contributed by atoms with E-state index in [1.54, 1.807) is 0 Å². The Balaban J connectivity index is 0.000000180. The first-order chi connectivity index (χ1) is 4.73. The Bertz CT molecular complexity index is 76.2. The molecule has 1 aliphatic heterocycles. The van der Waals surface area contributed by atoms with Gasteiger partial charge in [0.1, 0.15) is 0 Å². The van der Waals surface area contributed by atoms with E-state index in [9.17, 15) is 0 Å². The molecule has 1 fully saturated rings. The monoisotopic (exact) mass is 180 g/mol. The van der Waals surface area contributed by atoms with Crippen molar-refractivity contribution in [2.75, 3.05) is 23.0 Å². The normalized spacial score (nSPS) is 16.9. The van der Waals surface area contributed by atoms with Crippen LogP contribution in [-0.4, -0.2) is 34.1 Å². The third-order valence-corrected chi connectivity index (χ3v) is 3.23. The number of carboxylic acid groups (broad SMARTS) is 1. The highest BCUT2D eigenvalue weighted by atomic mass is 32.2. The first-order valence-electron chi connectivity index (χ1n) is 3.08. The van der Waals surface area contributed by atoms with Crippen molar-refractivity contribution >= 4 is 29.5 Å². The summed E-state index contributed by atoms with van der Waals surface area (Å²) in [6.07, 6.45) is 0. The van der Waals surface area contributed by atoms with Crippen molar-refractivity contribution < 1.29 is 9.90 Å². The van der Waals surface area contributed by atoms with Crippen LogP contribution in [0.4, 0.5) is 0 Å². The van der Waals surface area contributed by atoms with Gasteiger partial charge in [-0.25, -0.2) is 0 Å². The Morgan fingerprint density at radius 3 is 1.50 bits per heavy atom. The molecule has 0 aromatic heterocycles. The standard InChI is InChI=1S/C4H8S2.C2H4O2/c1-2-6-4-3-5-1;1-2(3)4/h1-4H2;1H3,(H,3,4). The molecule has 10 heavy (non-hydrogen) atoms. The highest BCUT2D eigenvalue weighted by molar-refractivity contribution is 8.06. The molecule has 0 saturated carbocycles. The number of rotatable bonds is 0.